The lowest BCUT2D eigenvalue weighted by Crippen LogP contribution is -2.37. The normalized spacial score (nSPS) is 13.5. The molecule has 0 spiro atoms. The van der Waals surface area contributed by atoms with Crippen molar-refractivity contribution in [3.05, 3.63) is 29.8 Å². The van der Waals surface area contributed by atoms with Gasteiger partial charge in [0, 0.05) is 11.7 Å². The molecule has 0 aliphatic carbocycles. The minimum atomic E-state index is -0.490. The molecule has 0 bridgehead atoms. The zero-order valence-corrected chi connectivity index (χ0v) is 13.4. The van der Waals surface area contributed by atoms with E-state index in [4.69, 9.17) is 0 Å². The van der Waals surface area contributed by atoms with Gasteiger partial charge in [0.05, 0.1) is 6.10 Å². The Labute approximate surface area is 128 Å². The van der Waals surface area contributed by atoms with Gasteiger partial charge in [0.15, 0.2) is 0 Å². The van der Waals surface area contributed by atoms with Gasteiger partial charge >= 0.3 is 6.03 Å². The largest absolute Gasteiger partial charge is 0.389 e. The quantitative estimate of drug-likeness (QED) is 0.671. The van der Waals surface area contributed by atoms with Crippen molar-refractivity contribution in [3.63, 3.8) is 0 Å². The van der Waals surface area contributed by atoms with Crippen LogP contribution in [0.4, 0.5) is 10.5 Å². The van der Waals surface area contributed by atoms with E-state index in [1.165, 1.54) is 0 Å². The summed E-state index contributed by atoms with van der Waals surface area (Å²) in [4.78, 5) is 12.0. The lowest BCUT2D eigenvalue weighted by Gasteiger charge is -2.18. The molecule has 0 aliphatic rings. The van der Waals surface area contributed by atoms with Gasteiger partial charge in [-0.25, -0.2) is 4.79 Å². The van der Waals surface area contributed by atoms with Crippen LogP contribution in [-0.4, -0.2) is 17.2 Å². The van der Waals surface area contributed by atoms with Crippen molar-refractivity contribution in [3.8, 4) is 0 Å². The highest BCUT2D eigenvalue weighted by molar-refractivity contribution is 5.89. The number of amides is 2. The number of aliphatic hydroxyl groups excluding tert-OH is 1. The molecule has 1 aromatic rings. The molecule has 0 fully saturated rings. The maximum atomic E-state index is 12.0. The zero-order valence-electron chi connectivity index (χ0n) is 13.4. The number of unbranched alkanes of at least 4 members (excludes halogenated alkanes) is 1. The average molecular weight is 292 g/mol. The molecule has 2 atom stereocenters. The summed E-state index contributed by atoms with van der Waals surface area (Å²) < 4.78 is 0. The van der Waals surface area contributed by atoms with E-state index in [1.807, 2.05) is 24.3 Å². The summed E-state index contributed by atoms with van der Waals surface area (Å²) in [5, 5.41) is 15.3. The summed E-state index contributed by atoms with van der Waals surface area (Å²) in [6, 6.07) is 7.34. The molecule has 0 radical (unpaired) electrons. The van der Waals surface area contributed by atoms with Crippen LogP contribution in [0, 0.1) is 0 Å². The number of carbonyl (C=O) groups excluding carboxylic acids is 1. The molecule has 118 valence electrons. The van der Waals surface area contributed by atoms with Crippen LogP contribution < -0.4 is 10.6 Å². The molecule has 0 aliphatic heterocycles. The van der Waals surface area contributed by atoms with Crippen LogP contribution in [0.2, 0.25) is 0 Å². The number of urea groups is 1. The molecule has 2 amide bonds. The standard InChI is InChI=1S/C17H28N2O2/c1-4-6-8-15(7-5-2)18-17(21)19-16-11-9-14(10-12-16)13(3)20/h9-13,15,20H,4-8H2,1-3H3,(H2,18,19,21). The van der Waals surface area contributed by atoms with Crippen LogP contribution in [0.25, 0.3) is 0 Å². The van der Waals surface area contributed by atoms with E-state index in [9.17, 15) is 9.90 Å². The van der Waals surface area contributed by atoms with Crippen molar-refractivity contribution in [2.75, 3.05) is 5.32 Å². The lowest BCUT2D eigenvalue weighted by atomic mass is 10.1. The van der Waals surface area contributed by atoms with E-state index in [0.29, 0.717) is 0 Å². The van der Waals surface area contributed by atoms with Crippen molar-refractivity contribution in [2.24, 2.45) is 0 Å². The van der Waals surface area contributed by atoms with Gasteiger partial charge in [-0.1, -0.05) is 45.2 Å². The van der Waals surface area contributed by atoms with Crippen LogP contribution in [0.1, 0.15) is 64.5 Å². The SMILES string of the molecule is CCCCC(CCC)NC(=O)Nc1ccc(C(C)O)cc1. The van der Waals surface area contributed by atoms with Crippen molar-refractivity contribution in [2.45, 2.75) is 65.0 Å². The second kappa shape index (κ2) is 9.40. The number of carbonyl (C=O) groups is 1. The third-order valence-electron chi connectivity index (χ3n) is 3.53. The first-order valence-corrected chi connectivity index (χ1v) is 7.92. The molecule has 21 heavy (non-hydrogen) atoms. The minimum absolute atomic E-state index is 0.158. The maximum absolute atomic E-state index is 12.0. The van der Waals surface area contributed by atoms with E-state index in [1.54, 1.807) is 6.92 Å². The second-order valence-electron chi connectivity index (χ2n) is 5.52. The minimum Gasteiger partial charge on any atom is -0.389 e. The van der Waals surface area contributed by atoms with Gasteiger partial charge in [-0.2, -0.15) is 0 Å². The fourth-order valence-corrected chi connectivity index (χ4v) is 2.29. The van der Waals surface area contributed by atoms with E-state index < -0.39 is 6.10 Å². The van der Waals surface area contributed by atoms with Gasteiger partial charge in [-0.15, -0.1) is 0 Å². The van der Waals surface area contributed by atoms with Gasteiger partial charge < -0.3 is 15.7 Å². The number of nitrogens with one attached hydrogen (secondary N) is 2. The molecule has 0 aromatic heterocycles. The first kappa shape index (κ1) is 17.5. The fourth-order valence-electron chi connectivity index (χ4n) is 2.29. The Morgan fingerprint density at radius 2 is 1.81 bits per heavy atom. The first-order chi connectivity index (χ1) is 10.1. The maximum Gasteiger partial charge on any atom is 0.319 e. The average Bonchev–Trinajstić information content (AvgIpc) is 2.45. The second-order valence-corrected chi connectivity index (χ2v) is 5.52. The molecule has 3 N–H and O–H groups in total. The molecule has 2 unspecified atom stereocenters. The number of hydrogen-bond acceptors (Lipinski definition) is 2. The Balaban J connectivity index is 2.50. The van der Waals surface area contributed by atoms with Crippen LogP contribution in [-0.2, 0) is 0 Å². The molecular weight excluding hydrogens is 264 g/mol. The summed E-state index contributed by atoms with van der Waals surface area (Å²) in [6.07, 6.45) is 4.89. The van der Waals surface area contributed by atoms with Crippen molar-refractivity contribution in [1.82, 2.24) is 5.32 Å². The molecule has 0 heterocycles. The number of anilines is 1. The Bertz CT molecular complexity index is 415. The molecule has 4 nitrogen and oxygen atoms in total. The Kier molecular flexibility index (Phi) is 7.83. The van der Waals surface area contributed by atoms with Crippen LogP contribution >= 0.6 is 0 Å². The first-order valence-electron chi connectivity index (χ1n) is 7.92. The summed E-state index contributed by atoms with van der Waals surface area (Å²) in [5.74, 6) is 0. The van der Waals surface area contributed by atoms with Crippen molar-refractivity contribution in [1.29, 1.82) is 0 Å². The van der Waals surface area contributed by atoms with Gasteiger partial charge in [0.2, 0.25) is 0 Å². The molecule has 4 heteroatoms. The monoisotopic (exact) mass is 292 g/mol. The van der Waals surface area contributed by atoms with Gasteiger partial charge in [0.1, 0.15) is 0 Å². The van der Waals surface area contributed by atoms with Crippen molar-refractivity contribution < 1.29 is 9.90 Å². The van der Waals surface area contributed by atoms with E-state index in [-0.39, 0.29) is 12.1 Å². The summed E-state index contributed by atoms with van der Waals surface area (Å²) in [5.41, 5.74) is 1.58. The molecule has 1 aromatic carbocycles. The number of hydrogen-bond donors (Lipinski definition) is 3. The molecular formula is C17H28N2O2. The van der Waals surface area contributed by atoms with Crippen LogP contribution in [0.5, 0.6) is 0 Å². The highest BCUT2D eigenvalue weighted by Crippen LogP contribution is 2.15. The Morgan fingerprint density at radius 3 is 2.33 bits per heavy atom. The Morgan fingerprint density at radius 1 is 1.14 bits per heavy atom. The van der Waals surface area contributed by atoms with E-state index in [0.717, 1.165) is 43.4 Å². The predicted octanol–water partition coefficient (Wildman–Crippen LogP) is 4.22. The third kappa shape index (κ3) is 6.63. The fraction of sp³-hybridized carbons (Fsp3) is 0.588. The van der Waals surface area contributed by atoms with Gasteiger partial charge in [-0.05, 0) is 37.5 Å². The van der Waals surface area contributed by atoms with E-state index in [2.05, 4.69) is 24.5 Å². The van der Waals surface area contributed by atoms with Gasteiger partial charge in [-0.3, -0.25) is 0 Å². The molecule has 0 saturated carbocycles. The topological polar surface area (TPSA) is 61.4 Å². The van der Waals surface area contributed by atoms with E-state index >= 15 is 0 Å². The number of rotatable bonds is 8. The predicted molar refractivity (Wildman–Crippen MR) is 87.5 cm³/mol. The Hall–Kier alpha value is -1.55. The summed E-state index contributed by atoms with van der Waals surface area (Å²) >= 11 is 0. The summed E-state index contributed by atoms with van der Waals surface area (Å²) in [6.45, 7) is 6.01. The zero-order chi connectivity index (χ0) is 15.7. The van der Waals surface area contributed by atoms with Crippen LogP contribution in [0.15, 0.2) is 24.3 Å². The van der Waals surface area contributed by atoms with Crippen molar-refractivity contribution >= 4 is 11.7 Å². The smallest absolute Gasteiger partial charge is 0.319 e. The molecule has 1 rings (SSSR count). The third-order valence-corrected chi connectivity index (χ3v) is 3.53. The highest BCUT2D eigenvalue weighted by atomic mass is 16.3. The summed E-state index contributed by atoms with van der Waals surface area (Å²) in [7, 11) is 0. The number of aliphatic hydroxyl groups is 1. The van der Waals surface area contributed by atoms with Crippen LogP contribution in [0.3, 0.4) is 0 Å². The van der Waals surface area contributed by atoms with Gasteiger partial charge in [0.25, 0.3) is 0 Å². The molecule has 0 saturated heterocycles. The highest BCUT2D eigenvalue weighted by Gasteiger charge is 2.11. The lowest BCUT2D eigenvalue weighted by molar-refractivity contribution is 0.199. The number of benzene rings is 1.